The van der Waals surface area contributed by atoms with Gasteiger partial charge in [-0.25, -0.2) is 4.79 Å². The van der Waals surface area contributed by atoms with Gasteiger partial charge in [-0.05, 0) is 24.6 Å². The summed E-state index contributed by atoms with van der Waals surface area (Å²) >= 11 is 0. The molecular formula is C12H16N2O3. The van der Waals surface area contributed by atoms with Gasteiger partial charge in [0.25, 0.3) is 5.91 Å². The Kier molecular flexibility index (Phi) is 5.00. The van der Waals surface area contributed by atoms with Crippen LogP contribution in [0.4, 0.5) is 4.79 Å². The zero-order valence-electron chi connectivity index (χ0n) is 9.95. The first-order chi connectivity index (χ1) is 8.17. The van der Waals surface area contributed by atoms with E-state index >= 15 is 0 Å². The van der Waals surface area contributed by atoms with Gasteiger partial charge in [0.05, 0.1) is 6.61 Å². The fourth-order valence-electron chi connectivity index (χ4n) is 1.27. The van der Waals surface area contributed by atoms with Gasteiger partial charge in [0.2, 0.25) is 0 Å². The molecular weight excluding hydrogens is 220 g/mol. The molecule has 1 rings (SSSR count). The third-order valence-corrected chi connectivity index (χ3v) is 2.16. The Morgan fingerprint density at radius 1 is 1.24 bits per heavy atom. The van der Waals surface area contributed by atoms with Crippen LogP contribution >= 0.6 is 0 Å². The molecule has 1 aromatic rings. The summed E-state index contributed by atoms with van der Waals surface area (Å²) in [7, 11) is 1.58. The molecule has 0 unspecified atom stereocenters. The van der Waals surface area contributed by atoms with Crippen LogP contribution in [0.25, 0.3) is 0 Å². The Balaban J connectivity index is 2.51. The minimum Gasteiger partial charge on any atom is -0.450 e. The van der Waals surface area contributed by atoms with Crippen molar-refractivity contribution >= 4 is 12.0 Å². The number of carbonyl (C=O) groups excluding carboxylic acids is 2. The van der Waals surface area contributed by atoms with Crippen molar-refractivity contribution in [1.29, 1.82) is 0 Å². The predicted octanol–water partition coefficient (Wildman–Crippen LogP) is 1.29. The summed E-state index contributed by atoms with van der Waals surface area (Å²) in [5.74, 6) is -0.130. The highest BCUT2D eigenvalue weighted by Crippen LogP contribution is 2.04. The van der Waals surface area contributed by atoms with Crippen molar-refractivity contribution in [1.82, 2.24) is 10.6 Å². The molecule has 5 nitrogen and oxygen atoms in total. The first-order valence-corrected chi connectivity index (χ1v) is 5.39. The third kappa shape index (κ3) is 4.14. The van der Waals surface area contributed by atoms with E-state index in [-0.39, 0.29) is 5.91 Å². The highest BCUT2D eigenvalue weighted by atomic mass is 16.5. The van der Waals surface area contributed by atoms with Gasteiger partial charge in [-0.1, -0.05) is 12.1 Å². The number of hydrogen-bond donors (Lipinski definition) is 2. The van der Waals surface area contributed by atoms with E-state index in [9.17, 15) is 9.59 Å². The van der Waals surface area contributed by atoms with Crippen molar-refractivity contribution in [2.24, 2.45) is 0 Å². The molecule has 0 spiro atoms. The summed E-state index contributed by atoms with van der Waals surface area (Å²) in [5.41, 5.74) is 1.50. The lowest BCUT2D eigenvalue weighted by atomic mass is 10.1. The van der Waals surface area contributed by atoms with Gasteiger partial charge in [0.15, 0.2) is 0 Å². The van der Waals surface area contributed by atoms with E-state index in [0.717, 1.165) is 5.56 Å². The van der Waals surface area contributed by atoms with Crippen LogP contribution in [-0.4, -0.2) is 25.7 Å². The van der Waals surface area contributed by atoms with Gasteiger partial charge < -0.3 is 15.4 Å². The fraction of sp³-hybridized carbons (Fsp3) is 0.333. The quantitative estimate of drug-likeness (QED) is 0.827. The molecule has 0 bridgehead atoms. The average Bonchev–Trinajstić information content (AvgIpc) is 2.36. The van der Waals surface area contributed by atoms with Crippen LogP contribution in [0, 0.1) is 0 Å². The molecule has 0 fully saturated rings. The molecule has 5 heteroatoms. The first-order valence-electron chi connectivity index (χ1n) is 5.39. The smallest absolute Gasteiger partial charge is 0.407 e. The van der Waals surface area contributed by atoms with Gasteiger partial charge in [-0.2, -0.15) is 0 Å². The summed E-state index contributed by atoms with van der Waals surface area (Å²) in [6.45, 7) is 2.48. The number of ether oxygens (including phenoxy) is 1. The Hall–Kier alpha value is -2.04. The van der Waals surface area contributed by atoms with E-state index in [1.807, 2.05) is 0 Å². The fourth-order valence-corrected chi connectivity index (χ4v) is 1.27. The molecule has 0 aliphatic heterocycles. The first kappa shape index (κ1) is 13.0. The number of nitrogens with one attached hydrogen (secondary N) is 2. The van der Waals surface area contributed by atoms with Crippen LogP contribution in [0.2, 0.25) is 0 Å². The van der Waals surface area contributed by atoms with Gasteiger partial charge in [-0.3, -0.25) is 4.79 Å². The monoisotopic (exact) mass is 236 g/mol. The van der Waals surface area contributed by atoms with Crippen LogP contribution in [0.3, 0.4) is 0 Å². The SMILES string of the molecule is CCOC(=O)NCc1ccc(C(=O)NC)cc1. The van der Waals surface area contributed by atoms with E-state index < -0.39 is 6.09 Å². The molecule has 0 saturated heterocycles. The van der Waals surface area contributed by atoms with Crippen molar-refractivity contribution in [3.8, 4) is 0 Å². The van der Waals surface area contributed by atoms with Crippen LogP contribution < -0.4 is 10.6 Å². The summed E-state index contributed by atoms with van der Waals surface area (Å²) < 4.78 is 4.73. The lowest BCUT2D eigenvalue weighted by molar-refractivity contribution is 0.0963. The molecule has 0 aliphatic rings. The van der Waals surface area contributed by atoms with E-state index in [2.05, 4.69) is 10.6 Å². The summed E-state index contributed by atoms with van der Waals surface area (Å²) in [6.07, 6.45) is -0.442. The summed E-state index contributed by atoms with van der Waals surface area (Å²) in [6, 6.07) is 7.00. The number of carbonyl (C=O) groups is 2. The average molecular weight is 236 g/mol. The van der Waals surface area contributed by atoms with E-state index in [1.165, 1.54) is 0 Å². The molecule has 1 aromatic carbocycles. The maximum Gasteiger partial charge on any atom is 0.407 e. The van der Waals surface area contributed by atoms with Gasteiger partial charge in [0, 0.05) is 19.2 Å². The minimum atomic E-state index is -0.442. The van der Waals surface area contributed by atoms with Crippen molar-refractivity contribution in [3.05, 3.63) is 35.4 Å². The zero-order chi connectivity index (χ0) is 12.7. The Labute approximate surface area is 100 Å². The molecule has 92 valence electrons. The Morgan fingerprint density at radius 3 is 2.41 bits per heavy atom. The highest BCUT2D eigenvalue weighted by molar-refractivity contribution is 5.93. The van der Waals surface area contributed by atoms with Crippen LogP contribution in [0.15, 0.2) is 24.3 Å². The molecule has 0 aromatic heterocycles. The normalized spacial score (nSPS) is 9.53. The molecule has 2 amide bonds. The summed E-state index contributed by atoms with van der Waals surface area (Å²) in [4.78, 5) is 22.3. The molecule has 0 aliphatic carbocycles. The van der Waals surface area contributed by atoms with Gasteiger partial charge in [-0.15, -0.1) is 0 Å². The third-order valence-electron chi connectivity index (χ3n) is 2.16. The number of amides is 2. The van der Waals surface area contributed by atoms with Crippen molar-refractivity contribution < 1.29 is 14.3 Å². The number of benzene rings is 1. The van der Waals surface area contributed by atoms with E-state index in [0.29, 0.717) is 18.7 Å². The largest absolute Gasteiger partial charge is 0.450 e. The van der Waals surface area contributed by atoms with Crippen LogP contribution in [-0.2, 0) is 11.3 Å². The van der Waals surface area contributed by atoms with Crippen molar-refractivity contribution in [2.75, 3.05) is 13.7 Å². The highest BCUT2D eigenvalue weighted by Gasteiger charge is 2.03. The second kappa shape index (κ2) is 6.52. The molecule has 0 heterocycles. The lowest BCUT2D eigenvalue weighted by Gasteiger charge is -2.06. The number of hydrogen-bond acceptors (Lipinski definition) is 3. The number of rotatable bonds is 4. The molecule has 17 heavy (non-hydrogen) atoms. The Morgan fingerprint density at radius 2 is 1.88 bits per heavy atom. The lowest BCUT2D eigenvalue weighted by Crippen LogP contribution is -2.23. The topological polar surface area (TPSA) is 67.4 Å². The van der Waals surface area contributed by atoms with Crippen LogP contribution in [0.1, 0.15) is 22.8 Å². The number of alkyl carbamates (subject to hydrolysis) is 1. The van der Waals surface area contributed by atoms with E-state index in [1.54, 1.807) is 38.2 Å². The maximum absolute atomic E-state index is 11.3. The van der Waals surface area contributed by atoms with Gasteiger partial charge >= 0.3 is 6.09 Å². The second-order valence-corrected chi connectivity index (χ2v) is 3.35. The van der Waals surface area contributed by atoms with Crippen molar-refractivity contribution in [3.63, 3.8) is 0 Å². The standard InChI is InChI=1S/C12H16N2O3/c1-3-17-12(16)14-8-9-4-6-10(7-5-9)11(15)13-2/h4-7H,3,8H2,1-2H3,(H,13,15)(H,14,16). The minimum absolute atomic E-state index is 0.130. The van der Waals surface area contributed by atoms with Crippen molar-refractivity contribution in [2.45, 2.75) is 13.5 Å². The molecule has 2 N–H and O–H groups in total. The maximum atomic E-state index is 11.3. The molecule has 0 atom stereocenters. The predicted molar refractivity (Wildman–Crippen MR) is 63.7 cm³/mol. The Bertz CT molecular complexity index is 387. The summed E-state index contributed by atoms with van der Waals surface area (Å²) in [5, 5.41) is 5.14. The zero-order valence-corrected chi connectivity index (χ0v) is 9.95. The second-order valence-electron chi connectivity index (χ2n) is 3.35. The molecule has 0 saturated carbocycles. The van der Waals surface area contributed by atoms with Crippen LogP contribution in [0.5, 0.6) is 0 Å². The van der Waals surface area contributed by atoms with E-state index in [4.69, 9.17) is 4.74 Å². The molecule has 0 radical (unpaired) electrons. The van der Waals surface area contributed by atoms with Gasteiger partial charge in [0.1, 0.15) is 0 Å².